The zero-order valence-corrected chi connectivity index (χ0v) is 19.0. The third kappa shape index (κ3) is 6.17. The van der Waals surface area contributed by atoms with E-state index in [0.29, 0.717) is 19.3 Å². The number of benzene rings is 1. The Morgan fingerprint density at radius 3 is 2.50 bits per heavy atom. The number of esters is 2. The number of rotatable bonds is 9. The van der Waals surface area contributed by atoms with Crippen LogP contribution in [0.3, 0.4) is 0 Å². The van der Waals surface area contributed by atoms with Gasteiger partial charge in [-0.05, 0) is 56.6 Å². The van der Waals surface area contributed by atoms with Gasteiger partial charge in [0.1, 0.15) is 24.2 Å². The van der Waals surface area contributed by atoms with Gasteiger partial charge in [0.25, 0.3) is 0 Å². The molecule has 7 nitrogen and oxygen atoms in total. The van der Waals surface area contributed by atoms with E-state index in [9.17, 15) is 19.2 Å². The van der Waals surface area contributed by atoms with Gasteiger partial charge in [0.15, 0.2) is 0 Å². The van der Waals surface area contributed by atoms with Crippen LogP contribution in [0.2, 0.25) is 0 Å². The van der Waals surface area contributed by atoms with E-state index in [-0.39, 0.29) is 43.1 Å². The van der Waals surface area contributed by atoms with E-state index in [2.05, 4.69) is 5.32 Å². The van der Waals surface area contributed by atoms with E-state index < -0.39 is 17.5 Å². The van der Waals surface area contributed by atoms with Gasteiger partial charge in [-0.1, -0.05) is 37.1 Å². The first kappa shape index (κ1) is 24.0. The Hall–Kier alpha value is -2.70. The van der Waals surface area contributed by atoms with Crippen LogP contribution in [-0.4, -0.2) is 35.8 Å². The Morgan fingerprint density at radius 1 is 1.19 bits per heavy atom. The molecule has 1 unspecified atom stereocenters. The number of nitrogens with one attached hydrogen (secondary N) is 1. The summed E-state index contributed by atoms with van der Waals surface area (Å²) in [7, 11) is 0. The number of aryl methyl sites for hydroxylation is 1. The Balaban J connectivity index is 1.59. The summed E-state index contributed by atoms with van der Waals surface area (Å²) in [6.07, 6.45) is 5.51. The average Bonchev–Trinajstić information content (AvgIpc) is 3.27. The van der Waals surface area contributed by atoms with Gasteiger partial charge in [-0.2, -0.15) is 0 Å². The van der Waals surface area contributed by atoms with Crippen LogP contribution in [0.1, 0.15) is 82.4 Å². The van der Waals surface area contributed by atoms with Crippen LogP contribution in [0.4, 0.5) is 0 Å². The summed E-state index contributed by atoms with van der Waals surface area (Å²) in [4.78, 5) is 47.7. The maximum atomic E-state index is 12.2. The van der Waals surface area contributed by atoms with Crippen molar-refractivity contribution in [3.8, 4) is 0 Å². The van der Waals surface area contributed by atoms with Crippen molar-refractivity contribution in [1.82, 2.24) is 5.32 Å². The summed E-state index contributed by atoms with van der Waals surface area (Å²) in [6.45, 7) is 3.81. The van der Waals surface area contributed by atoms with Crippen molar-refractivity contribution in [1.29, 1.82) is 0 Å². The van der Waals surface area contributed by atoms with Gasteiger partial charge in [-0.25, -0.2) is 0 Å². The van der Waals surface area contributed by atoms with Crippen LogP contribution in [0, 0.1) is 5.92 Å². The van der Waals surface area contributed by atoms with Crippen molar-refractivity contribution in [3.05, 3.63) is 35.4 Å². The third-order valence-corrected chi connectivity index (χ3v) is 6.56. The minimum Gasteiger partial charge on any atom is -0.466 e. The Morgan fingerprint density at radius 2 is 1.88 bits per heavy atom. The highest BCUT2D eigenvalue weighted by Gasteiger charge is 2.47. The molecule has 2 atom stereocenters. The van der Waals surface area contributed by atoms with Crippen LogP contribution < -0.4 is 5.32 Å². The van der Waals surface area contributed by atoms with E-state index in [1.165, 1.54) is 0 Å². The molecule has 1 aromatic carbocycles. The molecule has 2 fully saturated rings. The molecular weight excluding hydrogens is 410 g/mol. The van der Waals surface area contributed by atoms with E-state index in [1.807, 2.05) is 31.2 Å². The van der Waals surface area contributed by atoms with Crippen molar-refractivity contribution in [3.63, 3.8) is 0 Å². The summed E-state index contributed by atoms with van der Waals surface area (Å²) in [5.41, 5.74) is 1.34. The van der Waals surface area contributed by atoms with Gasteiger partial charge >= 0.3 is 11.9 Å². The normalized spacial score (nSPS) is 22.3. The summed E-state index contributed by atoms with van der Waals surface area (Å²) in [6, 6.07) is 7.65. The van der Waals surface area contributed by atoms with Gasteiger partial charge < -0.3 is 14.8 Å². The lowest BCUT2D eigenvalue weighted by Gasteiger charge is -2.41. The second-order valence-electron chi connectivity index (χ2n) is 8.93. The standard InChI is InChI=1S/C25H33NO6/c1-3-31-23(29)15-22(28)26-17(2)19-10-8-18(9-11-19)12-13-25(20-6-4-5-7-20)16-21(27)14-24(30)32-25/h8-11,17,20H,3-7,12-16H2,1-2H3,(H,26,28)/t17-,25?/m1/s1. The predicted molar refractivity (Wildman–Crippen MR) is 118 cm³/mol. The zero-order chi connectivity index (χ0) is 23.1. The number of hydrogen-bond acceptors (Lipinski definition) is 6. The fourth-order valence-corrected chi connectivity index (χ4v) is 4.93. The highest BCUT2D eigenvalue weighted by Crippen LogP contribution is 2.43. The first-order valence-electron chi connectivity index (χ1n) is 11.6. The summed E-state index contributed by atoms with van der Waals surface area (Å²) >= 11 is 0. The van der Waals surface area contributed by atoms with Crippen LogP contribution in [0.15, 0.2) is 24.3 Å². The van der Waals surface area contributed by atoms with Crippen LogP contribution >= 0.6 is 0 Å². The highest BCUT2D eigenvalue weighted by atomic mass is 16.6. The minimum atomic E-state index is -0.671. The summed E-state index contributed by atoms with van der Waals surface area (Å²) < 4.78 is 10.7. The summed E-state index contributed by atoms with van der Waals surface area (Å²) in [5.74, 6) is -1.07. The fourth-order valence-electron chi connectivity index (χ4n) is 4.93. The molecule has 1 aliphatic carbocycles. The molecule has 174 valence electrons. The molecule has 1 aromatic rings. The largest absolute Gasteiger partial charge is 0.466 e. The molecule has 7 heteroatoms. The number of ketones is 1. The second kappa shape index (κ2) is 10.7. The Kier molecular flexibility index (Phi) is 8.04. The number of amides is 1. The third-order valence-electron chi connectivity index (χ3n) is 6.56. The maximum Gasteiger partial charge on any atom is 0.315 e. The molecule has 0 aromatic heterocycles. The monoisotopic (exact) mass is 443 g/mol. The quantitative estimate of drug-likeness (QED) is 0.463. The molecule has 1 N–H and O–H groups in total. The predicted octanol–water partition coefficient (Wildman–Crippen LogP) is 3.58. The number of hydrogen-bond donors (Lipinski definition) is 1. The molecule has 32 heavy (non-hydrogen) atoms. The molecule has 1 amide bonds. The Bertz CT molecular complexity index is 824. The second-order valence-corrected chi connectivity index (χ2v) is 8.93. The van der Waals surface area contributed by atoms with Gasteiger partial charge in [-0.15, -0.1) is 0 Å². The van der Waals surface area contributed by atoms with E-state index in [1.54, 1.807) is 6.92 Å². The molecule has 1 heterocycles. The van der Waals surface area contributed by atoms with Crippen LogP contribution in [-0.2, 0) is 35.1 Å². The van der Waals surface area contributed by atoms with Gasteiger partial charge in [-0.3, -0.25) is 19.2 Å². The summed E-state index contributed by atoms with van der Waals surface area (Å²) in [5, 5.41) is 2.81. The highest BCUT2D eigenvalue weighted by molar-refractivity contribution is 5.98. The van der Waals surface area contributed by atoms with Crippen LogP contribution in [0.5, 0.6) is 0 Å². The number of carbonyl (C=O) groups excluding carboxylic acids is 4. The molecule has 1 saturated carbocycles. The van der Waals surface area contributed by atoms with Crippen molar-refractivity contribution >= 4 is 23.6 Å². The van der Waals surface area contributed by atoms with Gasteiger partial charge in [0.2, 0.25) is 5.91 Å². The Labute approximate surface area is 189 Å². The average molecular weight is 444 g/mol. The number of Topliss-reactive ketones (excluding diaryl/α,β-unsaturated/α-hetero) is 1. The number of ether oxygens (including phenoxy) is 2. The number of carbonyl (C=O) groups is 4. The smallest absolute Gasteiger partial charge is 0.315 e. The lowest BCUT2D eigenvalue weighted by atomic mass is 9.76. The van der Waals surface area contributed by atoms with Gasteiger partial charge in [0, 0.05) is 6.42 Å². The van der Waals surface area contributed by atoms with Crippen molar-refractivity contribution in [2.75, 3.05) is 6.61 Å². The number of cyclic esters (lactones) is 1. The zero-order valence-electron chi connectivity index (χ0n) is 19.0. The molecule has 0 radical (unpaired) electrons. The van der Waals surface area contributed by atoms with E-state index >= 15 is 0 Å². The molecule has 1 saturated heterocycles. The van der Waals surface area contributed by atoms with Crippen LogP contribution in [0.25, 0.3) is 0 Å². The van der Waals surface area contributed by atoms with Crippen molar-refractivity contribution < 1.29 is 28.7 Å². The lowest BCUT2D eigenvalue weighted by Crippen LogP contribution is -2.48. The SMILES string of the molecule is CCOC(=O)CC(=O)N[C@H](C)c1ccc(CCC2(C3CCCC3)CC(=O)CC(=O)O2)cc1. The molecule has 3 rings (SSSR count). The first-order chi connectivity index (χ1) is 15.3. The van der Waals surface area contributed by atoms with Crippen molar-refractivity contribution in [2.24, 2.45) is 5.92 Å². The molecule has 0 spiro atoms. The topological polar surface area (TPSA) is 98.8 Å². The van der Waals surface area contributed by atoms with Crippen molar-refractivity contribution in [2.45, 2.75) is 83.3 Å². The molecule has 1 aliphatic heterocycles. The molecule has 0 bridgehead atoms. The maximum absolute atomic E-state index is 12.2. The molecular formula is C25H33NO6. The fraction of sp³-hybridized carbons (Fsp3) is 0.600. The van der Waals surface area contributed by atoms with E-state index in [0.717, 1.165) is 36.8 Å². The van der Waals surface area contributed by atoms with Gasteiger partial charge in [0.05, 0.1) is 12.6 Å². The first-order valence-corrected chi connectivity index (χ1v) is 11.6. The lowest BCUT2D eigenvalue weighted by molar-refractivity contribution is -0.178. The molecule has 2 aliphatic rings. The minimum absolute atomic E-state index is 0.0177. The van der Waals surface area contributed by atoms with E-state index in [4.69, 9.17) is 9.47 Å².